The molecule has 0 spiro atoms. The summed E-state index contributed by atoms with van der Waals surface area (Å²) in [4.78, 5) is 0. The average Bonchev–Trinajstić information content (AvgIpc) is 2.49. The van der Waals surface area contributed by atoms with Gasteiger partial charge in [-0.3, -0.25) is 0 Å². The fourth-order valence-electron chi connectivity index (χ4n) is 2.10. The fraction of sp³-hybridized carbons (Fsp3) is 0.235. The molecule has 23 heavy (non-hydrogen) atoms. The van der Waals surface area contributed by atoms with Crippen molar-refractivity contribution in [2.75, 3.05) is 7.11 Å². The van der Waals surface area contributed by atoms with E-state index in [4.69, 9.17) is 21.1 Å². The molecule has 0 unspecified atom stereocenters. The van der Waals surface area contributed by atoms with Crippen LogP contribution in [0.25, 0.3) is 11.1 Å². The molecule has 0 aliphatic rings. The molecule has 6 heteroatoms. The summed E-state index contributed by atoms with van der Waals surface area (Å²) >= 11 is 6.04. The maximum Gasteiger partial charge on any atom is 0.166 e. The van der Waals surface area contributed by atoms with Gasteiger partial charge in [-0.15, -0.1) is 0 Å². The summed E-state index contributed by atoms with van der Waals surface area (Å²) in [5.41, 5.74) is -0.0221. The summed E-state index contributed by atoms with van der Waals surface area (Å²) in [5.74, 6) is -1.38. The Morgan fingerprint density at radius 1 is 1.26 bits per heavy atom. The van der Waals surface area contributed by atoms with Gasteiger partial charge in [0.25, 0.3) is 0 Å². The quantitative estimate of drug-likeness (QED) is 0.809. The highest BCUT2D eigenvalue weighted by Gasteiger charge is 2.21. The van der Waals surface area contributed by atoms with E-state index in [2.05, 4.69) is 6.07 Å². The van der Waals surface area contributed by atoms with Crippen LogP contribution < -0.4 is 9.47 Å². The Balaban J connectivity index is 2.74. The van der Waals surface area contributed by atoms with E-state index in [1.54, 1.807) is 13.8 Å². The lowest BCUT2D eigenvalue weighted by Gasteiger charge is -2.15. The highest BCUT2D eigenvalue weighted by Crippen LogP contribution is 2.39. The molecule has 2 rings (SSSR count). The van der Waals surface area contributed by atoms with Crippen LogP contribution in [0.4, 0.5) is 8.78 Å². The van der Waals surface area contributed by atoms with Gasteiger partial charge >= 0.3 is 0 Å². The molecule has 0 fully saturated rings. The molecule has 0 aliphatic carbocycles. The number of benzene rings is 2. The first-order chi connectivity index (χ1) is 10.9. The lowest BCUT2D eigenvalue weighted by atomic mass is 9.98. The third-order valence-electron chi connectivity index (χ3n) is 3.03. The number of rotatable bonds is 4. The van der Waals surface area contributed by atoms with Crippen LogP contribution in [0.5, 0.6) is 11.5 Å². The standard InChI is InChI=1S/C17H13ClF2NO2/c1-9(2)23-16-6-10(12(18)7-14(16)20)17-11(8-21)15(22-3)5-4-13(17)19/h5-7,9H,1-3H3. The molecule has 0 bridgehead atoms. The Bertz CT molecular complexity index is 785. The van der Waals surface area contributed by atoms with Crippen molar-refractivity contribution < 1.29 is 18.3 Å². The molecule has 0 amide bonds. The second-order valence-corrected chi connectivity index (χ2v) is 5.37. The van der Waals surface area contributed by atoms with Crippen molar-refractivity contribution in [3.8, 4) is 28.7 Å². The number of hydrogen-bond acceptors (Lipinski definition) is 3. The van der Waals surface area contributed by atoms with Gasteiger partial charge < -0.3 is 9.47 Å². The summed E-state index contributed by atoms with van der Waals surface area (Å²) in [6.45, 7) is 3.46. The largest absolute Gasteiger partial charge is 0.495 e. The van der Waals surface area contributed by atoms with Crippen LogP contribution in [0.2, 0.25) is 5.02 Å². The van der Waals surface area contributed by atoms with Crippen molar-refractivity contribution in [3.63, 3.8) is 0 Å². The van der Waals surface area contributed by atoms with E-state index in [9.17, 15) is 14.0 Å². The van der Waals surface area contributed by atoms with Crippen molar-refractivity contribution in [1.82, 2.24) is 0 Å². The molecule has 1 radical (unpaired) electrons. The molecule has 0 aromatic heterocycles. The van der Waals surface area contributed by atoms with Gasteiger partial charge in [0, 0.05) is 17.2 Å². The van der Waals surface area contributed by atoms with E-state index in [0.717, 1.165) is 6.07 Å². The van der Waals surface area contributed by atoms with Crippen molar-refractivity contribution in [2.45, 2.75) is 20.0 Å². The number of ether oxygens (including phenoxy) is 2. The average molecular weight is 337 g/mol. The molecule has 119 valence electrons. The third kappa shape index (κ3) is 3.38. The van der Waals surface area contributed by atoms with Crippen LogP contribution in [0.3, 0.4) is 0 Å². The summed E-state index contributed by atoms with van der Waals surface area (Å²) in [5, 5.41) is 9.27. The molecular formula is C17H13ClF2NO2. The van der Waals surface area contributed by atoms with Gasteiger partial charge in [0.2, 0.25) is 0 Å². The number of halogens is 3. The highest BCUT2D eigenvalue weighted by molar-refractivity contribution is 6.33. The van der Waals surface area contributed by atoms with Gasteiger partial charge in [-0.05, 0) is 32.0 Å². The monoisotopic (exact) mass is 336 g/mol. The van der Waals surface area contributed by atoms with E-state index in [-0.39, 0.29) is 39.3 Å². The minimum absolute atomic E-state index is 0.0457. The van der Waals surface area contributed by atoms with Gasteiger partial charge in [0.05, 0.1) is 18.2 Å². The molecule has 0 aliphatic heterocycles. The maximum absolute atomic E-state index is 14.3. The Hall–Kier alpha value is -2.32. The molecule has 0 saturated heterocycles. The molecule has 0 heterocycles. The Morgan fingerprint density at radius 2 is 1.96 bits per heavy atom. The van der Waals surface area contributed by atoms with Gasteiger partial charge in [0.15, 0.2) is 11.6 Å². The number of hydrogen-bond donors (Lipinski definition) is 0. The van der Waals surface area contributed by atoms with E-state index in [1.807, 2.05) is 6.07 Å². The van der Waals surface area contributed by atoms with E-state index in [0.29, 0.717) is 0 Å². The molecule has 0 saturated carbocycles. The molecule has 0 atom stereocenters. The van der Waals surface area contributed by atoms with Crippen molar-refractivity contribution in [2.24, 2.45) is 0 Å². The fourth-order valence-corrected chi connectivity index (χ4v) is 2.34. The minimum Gasteiger partial charge on any atom is -0.495 e. The molecule has 3 nitrogen and oxygen atoms in total. The molecule has 2 aromatic carbocycles. The summed E-state index contributed by atoms with van der Waals surface area (Å²) in [6.07, 6.45) is -0.282. The van der Waals surface area contributed by atoms with Crippen LogP contribution in [0.15, 0.2) is 18.2 Å². The van der Waals surface area contributed by atoms with Crippen LogP contribution >= 0.6 is 11.6 Å². The minimum atomic E-state index is -0.786. The lowest BCUT2D eigenvalue weighted by molar-refractivity contribution is 0.231. The van der Waals surface area contributed by atoms with Gasteiger partial charge in [-0.2, -0.15) is 5.26 Å². The first-order valence-electron chi connectivity index (χ1n) is 6.73. The first kappa shape index (κ1) is 17.0. The zero-order valence-corrected chi connectivity index (χ0v) is 13.5. The first-order valence-corrected chi connectivity index (χ1v) is 7.11. The van der Waals surface area contributed by atoms with E-state index >= 15 is 0 Å². The van der Waals surface area contributed by atoms with E-state index < -0.39 is 11.6 Å². The predicted molar refractivity (Wildman–Crippen MR) is 82.7 cm³/mol. The number of methoxy groups -OCH3 is 1. The van der Waals surface area contributed by atoms with Gasteiger partial charge in [0.1, 0.15) is 23.2 Å². The summed E-state index contributed by atoms with van der Waals surface area (Å²) < 4.78 is 38.6. The SMILES string of the molecule is COc1c[c]c(F)c(-c2cc(OC(C)C)c(F)cc2Cl)c1C#N. The topological polar surface area (TPSA) is 42.2 Å². The zero-order valence-electron chi connectivity index (χ0n) is 12.7. The van der Waals surface area contributed by atoms with Crippen LogP contribution in [0.1, 0.15) is 19.4 Å². The Kier molecular flexibility index (Phi) is 5.07. The lowest BCUT2D eigenvalue weighted by Crippen LogP contribution is -2.07. The molecular weight excluding hydrogens is 324 g/mol. The summed E-state index contributed by atoms with van der Waals surface area (Å²) in [7, 11) is 1.35. The molecule has 0 N–H and O–H groups in total. The Morgan fingerprint density at radius 3 is 2.52 bits per heavy atom. The zero-order chi connectivity index (χ0) is 17.1. The van der Waals surface area contributed by atoms with Crippen molar-refractivity contribution in [1.29, 1.82) is 5.26 Å². The highest BCUT2D eigenvalue weighted by atomic mass is 35.5. The second kappa shape index (κ2) is 6.84. The van der Waals surface area contributed by atoms with Crippen molar-refractivity contribution in [3.05, 3.63) is 46.5 Å². The van der Waals surface area contributed by atoms with Crippen LogP contribution in [-0.2, 0) is 0 Å². The van der Waals surface area contributed by atoms with Crippen molar-refractivity contribution >= 4 is 11.6 Å². The van der Waals surface area contributed by atoms with Crippen LogP contribution in [0, 0.1) is 29.0 Å². The normalized spacial score (nSPS) is 10.5. The predicted octanol–water partition coefficient (Wildman–Crippen LogP) is 4.75. The number of nitrogens with zero attached hydrogens (tertiary/aromatic N) is 1. The maximum atomic E-state index is 14.3. The Labute approximate surface area is 138 Å². The van der Waals surface area contributed by atoms with Crippen LogP contribution in [-0.4, -0.2) is 13.2 Å². The smallest absolute Gasteiger partial charge is 0.166 e. The summed E-state index contributed by atoms with van der Waals surface area (Å²) in [6, 6.07) is 7.75. The van der Waals surface area contributed by atoms with Gasteiger partial charge in [-0.1, -0.05) is 11.6 Å². The van der Waals surface area contributed by atoms with Gasteiger partial charge in [-0.25, -0.2) is 8.78 Å². The third-order valence-corrected chi connectivity index (χ3v) is 3.34. The second-order valence-electron chi connectivity index (χ2n) is 4.96. The number of nitriles is 1. The van der Waals surface area contributed by atoms with E-state index in [1.165, 1.54) is 19.2 Å². The molecule has 2 aromatic rings.